The van der Waals surface area contributed by atoms with Crippen LogP contribution < -0.4 is 5.73 Å². The molecule has 0 saturated heterocycles. The average Bonchev–Trinajstić information content (AvgIpc) is 2.67. The molecule has 1 heterocycles. The SMILES string of the molecule is Cn1nc(CC(N)C2CCCCCC2)c2ccccc21. The molecule has 3 rings (SSSR count). The predicted molar refractivity (Wildman–Crippen MR) is 83.6 cm³/mol. The van der Waals surface area contributed by atoms with Crippen LogP contribution in [0.3, 0.4) is 0 Å². The van der Waals surface area contributed by atoms with Gasteiger partial charge in [0, 0.05) is 24.9 Å². The van der Waals surface area contributed by atoms with E-state index in [1.54, 1.807) is 0 Å². The van der Waals surface area contributed by atoms with Gasteiger partial charge in [0.05, 0.1) is 11.2 Å². The van der Waals surface area contributed by atoms with Crippen molar-refractivity contribution in [3.05, 3.63) is 30.0 Å². The number of fused-ring (bicyclic) bond motifs is 1. The number of nitrogens with two attached hydrogens (primary N) is 1. The molecule has 0 aliphatic heterocycles. The number of rotatable bonds is 3. The molecule has 1 atom stereocenters. The van der Waals surface area contributed by atoms with E-state index in [9.17, 15) is 0 Å². The number of hydrogen-bond acceptors (Lipinski definition) is 2. The van der Waals surface area contributed by atoms with E-state index < -0.39 is 0 Å². The van der Waals surface area contributed by atoms with Crippen molar-refractivity contribution >= 4 is 10.9 Å². The molecular formula is C17H25N3. The van der Waals surface area contributed by atoms with Gasteiger partial charge in [-0.05, 0) is 24.8 Å². The average molecular weight is 271 g/mol. The van der Waals surface area contributed by atoms with E-state index in [1.807, 2.05) is 11.7 Å². The summed E-state index contributed by atoms with van der Waals surface area (Å²) in [6, 6.07) is 8.70. The van der Waals surface area contributed by atoms with E-state index in [-0.39, 0.29) is 6.04 Å². The summed E-state index contributed by atoms with van der Waals surface area (Å²) in [6.07, 6.45) is 8.97. The lowest BCUT2D eigenvalue weighted by Crippen LogP contribution is -2.32. The zero-order valence-electron chi connectivity index (χ0n) is 12.4. The van der Waals surface area contributed by atoms with Crippen LogP contribution in [-0.2, 0) is 13.5 Å². The molecule has 1 saturated carbocycles. The van der Waals surface area contributed by atoms with Crippen LogP contribution in [0.4, 0.5) is 0 Å². The third-order valence-corrected chi connectivity index (χ3v) is 4.77. The Bertz CT molecular complexity index is 565. The standard InChI is InChI=1S/C17H25N3/c1-20-17-11-7-6-10-14(17)16(19-20)12-15(18)13-8-4-2-3-5-9-13/h6-7,10-11,13,15H,2-5,8-9,12,18H2,1H3. The highest BCUT2D eigenvalue weighted by Gasteiger charge is 2.21. The summed E-state index contributed by atoms with van der Waals surface area (Å²) in [4.78, 5) is 0. The first-order valence-electron chi connectivity index (χ1n) is 7.92. The maximum Gasteiger partial charge on any atom is 0.0718 e. The highest BCUT2D eigenvalue weighted by molar-refractivity contribution is 5.81. The molecule has 2 N–H and O–H groups in total. The van der Waals surface area contributed by atoms with Gasteiger partial charge in [0.1, 0.15) is 0 Å². The lowest BCUT2D eigenvalue weighted by atomic mass is 9.89. The molecule has 1 aromatic carbocycles. The summed E-state index contributed by atoms with van der Waals surface area (Å²) in [7, 11) is 2.02. The Morgan fingerprint density at radius 2 is 1.90 bits per heavy atom. The largest absolute Gasteiger partial charge is 0.327 e. The van der Waals surface area contributed by atoms with E-state index in [4.69, 9.17) is 5.73 Å². The highest BCUT2D eigenvalue weighted by atomic mass is 15.3. The number of aromatic nitrogens is 2. The summed E-state index contributed by atoms with van der Waals surface area (Å²) >= 11 is 0. The third kappa shape index (κ3) is 2.73. The molecule has 1 aliphatic rings. The Morgan fingerprint density at radius 1 is 1.20 bits per heavy atom. The van der Waals surface area contributed by atoms with E-state index in [2.05, 4.69) is 29.4 Å². The smallest absolute Gasteiger partial charge is 0.0718 e. The molecule has 3 nitrogen and oxygen atoms in total. The monoisotopic (exact) mass is 271 g/mol. The second-order valence-corrected chi connectivity index (χ2v) is 6.21. The lowest BCUT2D eigenvalue weighted by Gasteiger charge is -2.21. The van der Waals surface area contributed by atoms with Gasteiger partial charge in [-0.25, -0.2) is 0 Å². The van der Waals surface area contributed by atoms with Crippen LogP contribution in [0.1, 0.15) is 44.2 Å². The molecule has 0 amide bonds. The Balaban J connectivity index is 1.78. The van der Waals surface area contributed by atoms with Crippen LogP contribution in [0.2, 0.25) is 0 Å². The van der Waals surface area contributed by atoms with Gasteiger partial charge in [0.2, 0.25) is 0 Å². The molecule has 0 bridgehead atoms. The molecule has 3 heteroatoms. The Kier molecular flexibility index (Phi) is 4.06. The van der Waals surface area contributed by atoms with Gasteiger partial charge in [-0.3, -0.25) is 4.68 Å². The van der Waals surface area contributed by atoms with E-state index >= 15 is 0 Å². The van der Waals surface area contributed by atoms with Crippen LogP contribution in [0.5, 0.6) is 0 Å². The second kappa shape index (κ2) is 5.96. The minimum absolute atomic E-state index is 0.256. The molecule has 1 fully saturated rings. The fourth-order valence-corrected chi connectivity index (χ4v) is 3.57. The summed E-state index contributed by atoms with van der Waals surface area (Å²) in [5.41, 5.74) is 8.87. The number of benzene rings is 1. The molecule has 0 radical (unpaired) electrons. The van der Waals surface area contributed by atoms with Crippen molar-refractivity contribution in [2.75, 3.05) is 0 Å². The van der Waals surface area contributed by atoms with Crippen LogP contribution >= 0.6 is 0 Å². The van der Waals surface area contributed by atoms with Crippen LogP contribution in [-0.4, -0.2) is 15.8 Å². The van der Waals surface area contributed by atoms with Crippen molar-refractivity contribution in [1.29, 1.82) is 0 Å². The summed E-state index contributed by atoms with van der Waals surface area (Å²) < 4.78 is 1.98. The number of hydrogen-bond donors (Lipinski definition) is 1. The predicted octanol–water partition coefficient (Wildman–Crippen LogP) is 3.41. The molecule has 1 aromatic heterocycles. The molecule has 20 heavy (non-hydrogen) atoms. The second-order valence-electron chi connectivity index (χ2n) is 6.21. The first-order chi connectivity index (χ1) is 9.75. The Labute approximate surface area is 121 Å². The summed E-state index contributed by atoms with van der Waals surface area (Å²) in [6.45, 7) is 0. The number of para-hydroxylation sites is 1. The van der Waals surface area contributed by atoms with Crippen molar-refractivity contribution in [2.45, 2.75) is 51.0 Å². The van der Waals surface area contributed by atoms with Gasteiger partial charge in [0.25, 0.3) is 0 Å². The van der Waals surface area contributed by atoms with Crippen molar-refractivity contribution < 1.29 is 0 Å². The van der Waals surface area contributed by atoms with Crippen LogP contribution in [0, 0.1) is 5.92 Å². The Hall–Kier alpha value is -1.35. The van der Waals surface area contributed by atoms with Crippen molar-refractivity contribution in [2.24, 2.45) is 18.7 Å². The number of nitrogens with zero attached hydrogens (tertiary/aromatic N) is 2. The molecular weight excluding hydrogens is 246 g/mol. The van der Waals surface area contributed by atoms with Crippen molar-refractivity contribution in [3.8, 4) is 0 Å². The molecule has 1 unspecified atom stereocenters. The van der Waals surface area contributed by atoms with Gasteiger partial charge in [0.15, 0.2) is 0 Å². The van der Waals surface area contributed by atoms with E-state index in [0.29, 0.717) is 5.92 Å². The minimum Gasteiger partial charge on any atom is -0.327 e. The zero-order valence-corrected chi connectivity index (χ0v) is 12.4. The van der Waals surface area contributed by atoms with Gasteiger partial charge < -0.3 is 5.73 Å². The van der Waals surface area contributed by atoms with Crippen molar-refractivity contribution in [1.82, 2.24) is 9.78 Å². The maximum atomic E-state index is 6.50. The van der Waals surface area contributed by atoms with Crippen molar-refractivity contribution in [3.63, 3.8) is 0 Å². The maximum absolute atomic E-state index is 6.50. The quantitative estimate of drug-likeness (QED) is 0.869. The molecule has 2 aromatic rings. The lowest BCUT2D eigenvalue weighted by molar-refractivity contribution is 0.370. The molecule has 0 spiro atoms. The van der Waals surface area contributed by atoms with E-state index in [0.717, 1.165) is 6.42 Å². The fourth-order valence-electron chi connectivity index (χ4n) is 3.57. The summed E-state index contributed by atoms with van der Waals surface area (Å²) in [5.74, 6) is 0.679. The minimum atomic E-state index is 0.256. The summed E-state index contributed by atoms with van der Waals surface area (Å²) in [5, 5.41) is 5.95. The van der Waals surface area contributed by atoms with Gasteiger partial charge >= 0.3 is 0 Å². The third-order valence-electron chi connectivity index (χ3n) is 4.77. The van der Waals surface area contributed by atoms with Gasteiger partial charge in [-0.2, -0.15) is 5.10 Å². The van der Waals surface area contributed by atoms with Crippen LogP contribution in [0.15, 0.2) is 24.3 Å². The van der Waals surface area contributed by atoms with Gasteiger partial charge in [-0.1, -0.05) is 43.9 Å². The first kappa shape index (κ1) is 13.6. The fraction of sp³-hybridized carbons (Fsp3) is 0.588. The zero-order chi connectivity index (χ0) is 13.9. The first-order valence-corrected chi connectivity index (χ1v) is 7.92. The van der Waals surface area contributed by atoms with Gasteiger partial charge in [-0.15, -0.1) is 0 Å². The Morgan fingerprint density at radius 3 is 2.65 bits per heavy atom. The van der Waals surface area contributed by atoms with E-state index in [1.165, 1.54) is 55.1 Å². The molecule has 108 valence electrons. The van der Waals surface area contributed by atoms with Crippen LogP contribution in [0.25, 0.3) is 10.9 Å². The highest BCUT2D eigenvalue weighted by Crippen LogP contribution is 2.27. The number of aryl methyl sites for hydroxylation is 1. The topological polar surface area (TPSA) is 43.8 Å². The normalized spacial score (nSPS) is 19.1. The molecule has 1 aliphatic carbocycles.